The summed E-state index contributed by atoms with van der Waals surface area (Å²) in [6, 6.07) is 0. The molecule has 1 unspecified atom stereocenters. The molecule has 0 bridgehead atoms. The van der Waals surface area contributed by atoms with Gasteiger partial charge in [0.05, 0.1) is 11.5 Å². The number of imidazole rings is 1. The molecular weight excluding hydrogens is 244 g/mol. The lowest BCUT2D eigenvalue weighted by atomic mass is 9.89. The largest absolute Gasteiger partial charge is 0.476 e. The summed E-state index contributed by atoms with van der Waals surface area (Å²) < 4.78 is 23.0. The Morgan fingerprint density at radius 3 is 2.59 bits per heavy atom. The average molecular weight is 258 g/mol. The number of aromatic amines is 1. The topological polar surface area (TPSA) is 100 Å². The van der Waals surface area contributed by atoms with Gasteiger partial charge < -0.3 is 10.1 Å². The fourth-order valence-corrected chi connectivity index (χ4v) is 4.31. The number of aryl methyl sites for hydroxylation is 1. The number of nitrogens with one attached hydrogen (secondary N) is 1. The Labute approximate surface area is 99.0 Å². The average Bonchev–Trinajstić information content (AvgIpc) is 2.69. The number of carbonyl (C=O) groups is 1. The maximum Gasteiger partial charge on any atom is 0.356 e. The number of sulfone groups is 1. The molecule has 1 aromatic heterocycles. The Hall–Kier alpha value is -1.37. The van der Waals surface area contributed by atoms with Crippen molar-refractivity contribution in [3.05, 3.63) is 17.2 Å². The van der Waals surface area contributed by atoms with E-state index in [1.807, 2.05) is 0 Å². The highest BCUT2D eigenvalue weighted by molar-refractivity contribution is 7.91. The first-order valence-corrected chi connectivity index (χ1v) is 7.06. The number of aromatic nitrogens is 2. The number of nitrogens with zero attached hydrogens (tertiary/aromatic N) is 1. The number of rotatable bonds is 2. The number of hydrogen-bond acceptors (Lipinski definition) is 4. The van der Waals surface area contributed by atoms with Gasteiger partial charge in [0, 0.05) is 11.1 Å². The number of carboxylic acids is 1. The predicted octanol–water partition coefficient (Wildman–Crippen LogP) is 0.493. The molecule has 6 nitrogen and oxygen atoms in total. The zero-order valence-corrected chi connectivity index (χ0v) is 10.5. The smallest absolute Gasteiger partial charge is 0.356 e. The molecule has 1 aliphatic heterocycles. The fraction of sp³-hybridized carbons (Fsp3) is 0.600. The second-order valence-corrected chi connectivity index (χ2v) is 6.95. The van der Waals surface area contributed by atoms with E-state index in [9.17, 15) is 13.2 Å². The van der Waals surface area contributed by atoms with Gasteiger partial charge in [-0.1, -0.05) is 6.92 Å². The molecule has 0 radical (unpaired) electrons. The summed E-state index contributed by atoms with van der Waals surface area (Å²) in [4.78, 5) is 17.8. The molecule has 1 fully saturated rings. The van der Waals surface area contributed by atoms with Crippen molar-refractivity contribution in [1.29, 1.82) is 0 Å². The van der Waals surface area contributed by atoms with Crippen molar-refractivity contribution < 1.29 is 18.3 Å². The van der Waals surface area contributed by atoms with Gasteiger partial charge >= 0.3 is 5.97 Å². The summed E-state index contributed by atoms with van der Waals surface area (Å²) >= 11 is 0. The van der Waals surface area contributed by atoms with Crippen LogP contribution in [0.3, 0.4) is 0 Å². The summed E-state index contributed by atoms with van der Waals surface area (Å²) in [5, 5.41) is 8.91. The van der Waals surface area contributed by atoms with E-state index in [1.54, 1.807) is 13.8 Å². The van der Waals surface area contributed by atoms with Crippen LogP contribution in [0.5, 0.6) is 0 Å². The molecule has 1 aliphatic rings. The first-order chi connectivity index (χ1) is 7.73. The molecule has 0 amide bonds. The zero-order chi connectivity index (χ0) is 12.8. The first kappa shape index (κ1) is 12.1. The summed E-state index contributed by atoms with van der Waals surface area (Å²) in [5.74, 6) is -0.500. The van der Waals surface area contributed by atoms with E-state index in [0.29, 0.717) is 17.9 Å². The van der Waals surface area contributed by atoms with Crippen molar-refractivity contribution in [2.75, 3.05) is 11.5 Å². The van der Waals surface area contributed by atoms with Crippen LogP contribution in [0.1, 0.15) is 35.4 Å². The molecule has 1 saturated heterocycles. The second kappa shape index (κ2) is 3.56. The van der Waals surface area contributed by atoms with Crippen molar-refractivity contribution in [2.24, 2.45) is 0 Å². The maximum atomic E-state index is 11.5. The number of aromatic carboxylic acids is 1. The number of carboxylic acid groups (broad SMARTS) is 1. The highest BCUT2D eigenvalue weighted by Gasteiger charge is 2.42. The molecule has 1 aromatic rings. The summed E-state index contributed by atoms with van der Waals surface area (Å²) in [7, 11) is -3.03. The molecule has 0 aliphatic carbocycles. The minimum Gasteiger partial charge on any atom is -0.476 e. The third-order valence-electron chi connectivity index (χ3n) is 3.16. The van der Waals surface area contributed by atoms with Gasteiger partial charge in [-0.25, -0.2) is 18.2 Å². The van der Waals surface area contributed by atoms with Crippen molar-refractivity contribution >= 4 is 15.8 Å². The van der Waals surface area contributed by atoms with E-state index in [4.69, 9.17) is 5.11 Å². The van der Waals surface area contributed by atoms with E-state index in [0.717, 1.165) is 0 Å². The molecule has 94 valence electrons. The maximum absolute atomic E-state index is 11.5. The standard InChI is InChI=1S/C10H14N2O4S/c1-6-7(8(13)14)12-9(11-6)10(2)3-4-17(15,16)5-10/h3-5H2,1-2H3,(H,11,12)(H,13,14). The van der Waals surface area contributed by atoms with Gasteiger partial charge in [-0.15, -0.1) is 0 Å². The third kappa shape index (κ3) is 2.06. The van der Waals surface area contributed by atoms with Crippen LogP contribution in [0.2, 0.25) is 0 Å². The van der Waals surface area contributed by atoms with E-state index in [2.05, 4.69) is 9.97 Å². The highest BCUT2D eigenvalue weighted by atomic mass is 32.2. The number of hydrogen-bond donors (Lipinski definition) is 2. The minimum absolute atomic E-state index is 0.0199. The molecule has 0 saturated carbocycles. The van der Waals surface area contributed by atoms with Gasteiger partial charge in [-0.05, 0) is 13.3 Å². The molecule has 0 spiro atoms. The van der Waals surface area contributed by atoms with Gasteiger partial charge in [-0.2, -0.15) is 0 Å². The van der Waals surface area contributed by atoms with Crippen molar-refractivity contribution in [2.45, 2.75) is 25.7 Å². The molecule has 2 rings (SSSR count). The van der Waals surface area contributed by atoms with Crippen LogP contribution in [0, 0.1) is 6.92 Å². The lowest BCUT2D eigenvalue weighted by Gasteiger charge is -2.18. The quantitative estimate of drug-likeness (QED) is 0.804. The van der Waals surface area contributed by atoms with Crippen LogP contribution >= 0.6 is 0 Å². The molecule has 2 N–H and O–H groups in total. The molecular formula is C10H14N2O4S. The van der Waals surface area contributed by atoms with Gasteiger partial charge in [-0.3, -0.25) is 0 Å². The monoisotopic (exact) mass is 258 g/mol. The Morgan fingerprint density at radius 1 is 1.53 bits per heavy atom. The van der Waals surface area contributed by atoms with E-state index in [1.165, 1.54) is 0 Å². The second-order valence-electron chi connectivity index (χ2n) is 4.77. The Bertz CT molecular complexity index is 575. The van der Waals surface area contributed by atoms with Crippen LogP contribution in [0.4, 0.5) is 0 Å². The van der Waals surface area contributed by atoms with Crippen LogP contribution in [0.15, 0.2) is 0 Å². The van der Waals surface area contributed by atoms with Crippen LogP contribution in [-0.4, -0.2) is 41.0 Å². The van der Waals surface area contributed by atoms with E-state index in [-0.39, 0.29) is 17.2 Å². The Morgan fingerprint density at radius 2 is 2.18 bits per heavy atom. The Kier molecular flexibility index (Phi) is 2.53. The van der Waals surface area contributed by atoms with Gasteiger partial charge in [0.25, 0.3) is 0 Å². The third-order valence-corrected chi connectivity index (χ3v) is 5.07. The number of H-pyrrole nitrogens is 1. The lowest BCUT2D eigenvalue weighted by Crippen LogP contribution is -2.25. The fourth-order valence-electron chi connectivity index (χ4n) is 2.15. The van der Waals surface area contributed by atoms with Crippen LogP contribution in [-0.2, 0) is 15.3 Å². The van der Waals surface area contributed by atoms with Gasteiger partial charge in [0.1, 0.15) is 5.82 Å². The molecule has 2 heterocycles. The SMILES string of the molecule is Cc1[nH]c(C2(C)CCS(=O)(=O)C2)nc1C(=O)O. The molecule has 1 atom stereocenters. The normalized spacial score (nSPS) is 27.2. The van der Waals surface area contributed by atoms with Gasteiger partial charge in [0.15, 0.2) is 15.5 Å². The van der Waals surface area contributed by atoms with Crippen molar-refractivity contribution in [1.82, 2.24) is 9.97 Å². The van der Waals surface area contributed by atoms with Crippen molar-refractivity contribution in [3.8, 4) is 0 Å². The summed E-state index contributed by atoms with van der Waals surface area (Å²) in [6.07, 6.45) is 0.474. The van der Waals surface area contributed by atoms with E-state index >= 15 is 0 Å². The highest BCUT2D eigenvalue weighted by Crippen LogP contribution is 2.34. The molecule has 17 heavy (non-hydrogen) atoms. The van der Waals surface area contributed by atoms with Crippen LogP contribution < -0.4 is 0 Å². The minimum atomic E-state index is -3.03. The van der Waals surface area contributed by atoms with E-state index < -0.39 is 21.2 Å². The molecule has 7 heteroatoms. The molecule has 0 aromatic carbocycles. The van der Waals surface area contributed by atoms with Crippen molar-refractivity contribution in [3.63, 3.8) is 0 Å². The first-order valence-electron chi connectivity index (χ1n) is 5.24. The zero-order valence-electron chi connectivity index (χ0n) is 9.65. The predicted molar refractivity (Wildman–Crippen MR) is 60.9 cm³/mol. The van der Waals surface area contributed by atoms with Crippen LogP contribution in [0.25, 0.3) is 0 Å². The summed E-state index contributed by atoms with van der Waals surface area (Å²) in [6.45, 7) is 3.41. The van der Waals surface area contributed by atoms with Gasteiger partial charge in [0.2, 0.25) is 0 Å². The summed E-state index contributed by atoms with van der Waals surface area (Å²) in [5.41, 5.74) is -0.180. The lowest BCUT2D eigenvalue weighted by molar-refractivity contribution is 0.0690. The Balaban J connectivity index is 2.42.